The van der Waals surface area contributed by atoms with Crippen LogP contribution in [0.25, 0.3) is 22.8 Å². The third-order valence-electron chi connectivity index (χ3n) is 5.38. The van der Waals surface area contributed by atoms with Gasteiger partial charge in [-0.15, -0.1) is 0 Å². The van der Waals surface area contributed by atoms with E-state index in [1.54, 1.807) is 36.7 Å². The summed E-state index contributed by atoms with van der Waals surface area (Å²) >= 11 is 0. The smallest absolute Gasteiger partial charge is 0.227 e. The first-order valence-corrected chi connectivity index (χ1v) is 10.8. The van der Waals surface area contributed by atoms with Crippen molar-refractivity contribution in [2.75, 3.05) is 18.5 Å². The van der Waals surface area contributed by atoms with Crippen molar-refractivity contribution in [3.05, 3.63) is 78.1 Å². The molecule has 0 bridgehead atoms. The number of ether oxygens (including phenoxy) is 2. The van der Waals surface area contributed by atoms with Gasteiger partial charge in [0.2, 0.25) is 5.95 Å². The van der Waals surface area contributed by atoms with Gasteiger partial charge >= 0.3 is 0 Å². The zero-order valence-corrected chi connectivity index (χ0v) is 18.7. The van der Waals surface area contributed by atoms with Gasteiger partial charge in [0, 0.05) is 28.4 Å². The number of halogens is 2. The van der Waals surface area contributed by atoms with Gasteiger partial charge in [-0.1, -0.05) is 13.8 Å². The van der Waals surface area contributed by atoms with E-state index < -0.39 is 6.29 Å². The molecule has 174 valence electrons. The maximum Gasteiger partial charge on any atom is 0.227 e. The molecule has 0 radical (unpaired) electrons. The minimum Gasteiger partial charge on any atom is -0.348 e. The van der Waals surface area contributed by atoms with E-state index in [2.05, 4.69) is 39.1 Å². The van der Waals surface area contributed by atoms with Crippen molar-refractivity contribution >= 4 is 11.6 Å². The van der Waals surface area contributed by atoms with Crippen LogP contribution in [-0.4, -0.2) is 33.1 Å². The van der Waals surface area contributed by atoms with Crippen molar-refractivity contribution in [2.24, 2.45) is 5.41 Å². The summed E-state index contributed by atoms with van der Waals surface area (Å²) in [6.07, 6.45) is 2.58. The van der Waals surface area contributed by atoms with Gasteiger partial charge in [0.15, 0.2) is 6.29 Å². The molecule has 0 saturated carbocycles. The van der Waals surface area contributed by atoms with E-state index in [0.29, 0.717) is 53.2 Å². The van der Waals surface area contributed by atoms with Crippen LogP contribution in [0, 0.1) is 17.0 Å². The van der Waals surface area contributed by atoms with Crippen LogP contribution in [0.4, 0.5) is 20.4 Å². The van der Waals surface area contributed by atoms with Crippen LogP contribution in [0.5, 0.6) is 0 Å². The first kappa shape index (κ1) is 22.1. The molecular formula is C25H23F2N5O2. The molecule has 9 heteroatoms. The fourth-order valence-electron chi connectivity index (χ4n) is 3.64. The summed E-state index contributed by atoms with van der Waals surface area (Å²) in [6, 6.07) is 12.1. The molecule has 34 heavy (non-hydrogen) atoms. The van der Waals surface area contributed by atoms with E-state index in [-0.39, 0.29) is 17.0 Å². The fraction of sp³-hybridized carbons (Fsp3) is 0.240. The number of aromatic nitrogens is 4. The normalized spacial score (nSPS) is 15.9. The summed E-state index contributed by atoms with van der Waals surface area (Å²) in [7, 11) is 0. The predicted octanol–water partition coefficient (Wildman–Crippen LogP) is 5.63. The summed E-state index contributed by atoms with van der Waals surface area (Å²) < 4.78 is 39.0. The van der Waals surface area contributed by atoms with Crippen LogP contribution < -0.4 is 5.32 Å². The van der Waals surface area contributed by atoms with Crippen LogP contribution >= 0.6 is 0 Å². The van der Waals surface area contributed by atoms with Gasteiger partial charge in [-0.2, -0.15) is 0 Å². The van der Waals surface area contributed by atoms with Crippen LogP contribution in [-0.2, 0) is 9.47 Å². The third-order valence-corrected chi connectivity index (χ3v) is 5.38. The Balaban J connectivity index is 1.41. The first-order chi connectivity index (χ1) is 16.4. The van der Waals surface area contributed by atoms with Crippen molar-refractivity contribution in [1.82, 2.24) is 19.9 Å². The lowest BCUT2D eigenvalue weighted by atomic mass is 9.95. The Morgan fingerprint density at radius 3 is 2.47 bits per heavy atom. The van der Waals surface area contributed by atoms with E-state index in [0.717, 1.165) is 0 Å². The second-order valence-electron chi connectivity index (χ2n) is 8.89. The number of aromatic amines is 1. The third kappa shape index (κ3) is 4.80. The van der Waals surface area contributed by atoms with Crippen LogP contribution in [0.2, 0.25) is 0 Å². The highest BCUT2D eigenvalue weighted by molar-refractivity contribution is 5.66. The summed E-state index contributed by atoms with van der Waals surface area (Å²) in [5, 5.41) is 3.05. The predicted molar refractivity (Wildman–Crippen MR) is 123 cm³/mol. The molecule has 0 spiro atoms. The van der Waals surface area contributed by atoms with Crippen molar-refractivity contribution < 1.29 is 18.3 Å². The Labute approximate surface area is 195 Å². The molecule has 0 amide bonds. The number of nitrogens with one attached hydrogen (secondary N) is 2. The molecule has 2 N–H and O–H groups in total. The minimum atomic E-state index is -0.683. The van der Waals surface area contributed by atoms with Crippen molar-refractivity contribution in [3.63, 3.8) is 0 Å². The molecule has 0 atom stereocenters. The number of imidazole rings is 1. The van der Waals surface area contributed by atoms with Gasteiger partial charge in [-0.25, -0.2) is 23.7 Å². The summed E-state index contributed by atoms with van der Waals surface area (Å²) in [4.78, 5) is 16.5. The average molecular weight is 463 g/mol. The molecule has 5 rings (SSSR count). The van der Waals surface area contributed by atoms with Crippen molar-refractivity contribution in [1.29, 1.82) is 0 Å². The molecular weight excluding hydrogens is 440 g/mol. The lowest BCUT2D eigenvalue weighted by Crippen LogP contribution is -2.34. The minimum absolute atomic E-state index is 0.103. The Bertz CT molecular complexity index is 1300. The number of nitrogens with zero attached hydrogens (tertiary/aromatic N) is 3. The topological polar surface area (TPSA) is 85.0 Å². The molecule has 1 fully saturated rings. The zero-order valence-electron chi connectivity index (χ0n) is 18.7. The number of rotatable bonds is 5. The Morgan fingerprint density at radius 1 is 0.971 bits per heavy atom. The van der Waals surface area contributed by atoms with Gasteiger partial charge in [0.25, 0.3) is 0 Å². The first-order valence-electron chi connectivity index (χ1n) is 10.8. The van der Waals surface area contributed by atoms with Crippen LogP contribution in [0.3, 0.4) is 0 Å². The summed E-state index contributed by atoms with van der Waals surface area (Å²) in [5.41, 5.74) is 3.06. The summed E-state index contributed by atoms with van der Waals surface area (Å²) in [5.74, 6) is 0.191. The van der Waals surface area contributed by atoms with Gasteiger partial charge < -0.3 is 19.8 Å². The number of hydrogen-bond donors (Lipinski definition) is 2. The molecule has 2 aromatic heterocycles. The second-order valence-corrected chi connectivity index (χ2v) is 8.89. The monoisotopic (exact) mass is 463 g/mol. The van der Waals surface area contributed by atoms with E-state index in [1.165, 1.54) is 24.3 Å². The molecule has 1 aliphatic heterocycles. The molecule has 1 saturated heterocycles. The number of H-pyrrole nitrogens is 1. The molecule has 2 aromatic carbocycles. The maximum atomic E-state index is 14.1. The van der Waals surface area contributed by atoms with E-state index in [4.69, 9.17) is 9.47 Å². The van der Waals surface area contributed by atoms with Gasteiger partial charge in [0.05, 0.1) is 30.8 Å². The Kier molecular flexibility index (Phi) is 5.80. The highest BCUT2D eigenvalue weighted by Crippen LogP contribution is 2.36. The SMILES string of the molecule is CC1(C)COC(c2cc(F)ccc2-c2ncc(-c3ccnc(Nc4ccc(F)cc4)n3)[nH]2)OC1. The van der Waals surface area contributed by atoms with Gasteiger partial charge in [0.1, 0.15) is 17.5 Å². The highest BCUT2D eigenvalue weighted by Gasteiger charge is 2.31. The quantitative estimate of drug-likeness (QED) is 0.399. The lowest BCUT2D eigenvalue weighted by Gasteiger charge is -2.35. The molecule has 4 aromatic rings. The standard InChI is InChI=1S/C25H23F2N5O2/c1-25(2)13-33-23(34-14-25)19-11-16(27)5-8-18(19)22-29-12-21(31-22)20-9-10-28-24(32-20)30-17-6-3-15(26)4-7-17/h3-12,23H,13-14H2,1-2H3,(H,29,31)(H,28,30,32). The second kappa shape index (κ2) is 8.92. The Hall–Kier alpha value is -3.69. The molecule has 7 nitrogen and oxygen atoms in total. The van der Waals surface area contributed by atoms with E-state index in [9.17, 15) is 8.78 Å². The van der Waals surface area contributed by atoms with Crippen molar-refractivity contribution in [3.8, 4) is 22.8 Å². The maximum absolute atomic E-state index is 14.1. The molecule has 0 aliphatic carbocycles. The van der Waals surface area contributed by atoms with E-state index in [1.807, 2.05) is 0 Å². The van der Waals surface area contributed by atoms with Gasteiger partial charge in [-0.05, 0) is 48.5 Å². The van der Waals surface area contributed by atoms with Crippen LogP contribution in [0.15, 0.2) is 60.9 Å². The lowest BCUT2D eigenvalue weighted by molar-refractivity contribution is -0.226. The molecule has 3 heterocycles. The van der Waals surface area contributed by atoms with E-state index >= 15 is 0 Å². The summed E-state index contributed by atoms with van der Waals surface area (Å²) in [6.45, 7) is 5.11. The molecule has 1 aliphatic rings. The number of benzene rings is 2. The highest BCUT2D eigenvalue weighted by atomic mass is 19.1. The largest absolute Gasteiger partial charge is 0.348 e. The fourth-order valence-corrected chi connectivity index (χ4v) is 3.64. The van der Waals surface area contributed by atoms with Crippen molar-refractivity contribution in [2.45, 2.75) is 20.1 Å². The average Bonchev–Trinajstić information content (AvgIpc) is 3.31. The number of anilines is 2. The number of hydrogen-bond acceptors (Lipinski definition) is 6. The van der Waals surface area contributed by atoms with Gasteiger partial charge in [-0.3, -0.25) is 0 Å². The zero-order chi connectivity index (χ0) is 23.7. The Morgan fingerprint density at radius 2 is 1.71 bits per heavy atom. The molecule has 0 unspecified atom stereocenters. The van der Waals surface area contributed by atoms with Crippen LogP contribution in [0.1, 0.15) is 25.7 Å².